The maximum Gasteiger partial charge on any atom is 0.150 e. The minimum atomic E-state index is -1.31. The zero-order valence-electron chi connectivity index (χ0n) is 11.9. The smallest absolute Gasteiger partial charge is 0.150 e. The Kier molecular flexibility index (Phi) is 3.67. The van der Waals surface area contributed by atoms with Crippen molar-refractivity contribution in [2.24, 2.45) is 5.73 Å². The molecule has 90 valence electrons. The van der Waals surface area contributed by atoms with Crippen molar-refractivity contribution in [2.45, 2.75) is 10.8 Å². The number of benzene rings is 1. The molecule has 1 aromatic rings. The third-order valence-electron chi connectivity index (χ3n) is 3.99. The lowest BCUT2D eigenvalue weighted by atomic mass is 9.43. The number of phenolic OH excluding ortho intramolecular Hbond substituents is 2. The molecule has 4 nitrogen and oxygen atoms in total. The highest BCUT2D eigenvalue weighted by Crippen LogP contribution is 2.26. The maximum atomic E-state index is 10.7. The van der Waals surface area contributed by atoms with Gasteiger partial charge in [0.25, 0.3) is 0 Å². The van der Waals surface area contributed by atoms with E-state index in [4.69, 9.17) is 5.73 Å². The van der Waals surface area contributed by atoms with Gasteiger partial charge in [0.1, 0.15) is 52.8 Å². The first-order chi connectivity index (χ1) is 7.93. The van der Waals surface area contributed by atoms with Crippen molar-refractivity contribution in [2.75, 3.05) is 0 Å². The molecule has 1 unspecified atom stereocenters. The first-order valence-electron chi connectivity index (χ1n) is 5.96. The highest BCUT2D eigenvalue weighted by atomic mass is 16.3. The normalized spacial score (nSPS) is 15.2. The van der Waals surface area contributed by atoms with Crippen LogP contribution in [0.2, 0.25) is 0 Å². The summed E-state index contributed by atoms with van der Waals surface area (Å²) in [5, 5.41) is 29.5. The van der Waals surface area contributed by atoms with E-state index in [0.29, 0.717) is 16.5 Å². The fraction of sp³-hybridized carbons (Fsp3) is 0.250. The average Bonchev–Trinajstić information content (AvgIpc) is 2.22. The van der Waals surface area contributed by atoms with Crippen LogP contribution in [-0.4, -0.2) is 67.7 Å². The van der Waals surface area contributed by atoms with Gasteiger partial charge in [-0.1, -0.05) is 10.9 Å². The average molecular weight is 240 g/mol. The molecule has 0 heterocycles. The molecule has 0 aromatic heterocycles. The molecule has 0 radical (unpaired) electrons. The number of aromatic hydroxyl groups is 2. The number of hydrogen-bond donors (Lipinski definition) is 4. The van der Waals surface area contributed by atoms with E-state index in [1.807, 2.05) is 0 Å². The Labute approximate surface area is 113 Å². The molecule has 0 fully saturated rings. The molecule has 0 spiro atoms. The van der Waals surface area contributed by atoms with E-state index in [9.17, 15) is 15.3 Å². The topological polar surface area (TPSA) is 86.7 Å². The third-order valence-corrected chi connectivity index (χ3v) is 3.99. The van der Waals surface area contributed by atoms with E-state index in [0.717, 1.165) is 5.46 Å². The maximum absolute atomic E-state index is 10.7. The minimum absolute atomic E-state index is 0.139. The molecular weight excluding hydrogens is 223 g/mol. The largest absolute Gasteiger partial charge is 0.505 e. The summed E-state index contributed by atoms with van der Waals surface area (Å²) >= 11 is 0. The van der Waals surface area contributed by atoms with E-state index in [1.54, 1.807) is 47.1 Å². The van der Waals surface area contributed by atoms with Crippen molar-refractivity contribution in [3.05, 3.63) is 5.56 Å². The number of nitrogens with two attached hydrogens (primary N) is 1. The lowest BCUT2D eigenvalue weighted by Crippen LogP contribution is -2.64. The Morgan fingerprint density at radius 2 is 1.22 bits per heavy atom. The van der Waals surface area contributed by atoms with Crippen LogP contribution in [0.3, 0.4) is 0 Å². The lowest BCUT2D eigenvalue weighted by molar-refractivity contribution is 0.111. The number of phenols is 2. The second kappa shape index (κ2) is 4.35. The minimum Gasteiger partial charge on any atom is -0.505 e. The molecule has 0 bridgehead atoms. The van der Waals surface area contributed by atoms with E-state index in [2.05, 4.69) is 0 Å². The Balaban J connectivity index is 3.72. The predicted molar refractivity (Wildman–Crippen MR) is 90.8 cm³/mol. The van der Waals surface area contributed by atoms with Gasteiger partial charge < -0.3 is 21.1 Å². The summed E-state index contributed by atoms with van der Waals surface area (Å²) in [7, 11) is 10.2. The second-order valence-electron chi connectivity index (χ2n) is 5.74. The van der Waals surface area contributed by atoms with Crippen molar-refractivity contribution < 1.29 is 15.3 Å². The highest BCUT2D eigenvalue weighted by molar-refractivity contribution is 6.55. The van der Waals surface area contributed by atoms with Gasteiger partial charge >= 0.3 is 0 Å². The molecule has 18 heavy (non-hydrogen) atoms. The summed E-state index contributed by atoms with van der Waals surface area (Å²) in [6, 6.07) is 0. The molecular formula is C8H17B6NO3. The van der Waals surface area contributed by atoms with Gasteiger partial charge in [-0.25, -0.2) is 0 Å². The molecule has 0 aliphatic heterocycles. The van der Waals surface area contributed by atoms with E-state index < -0.39 is 10.8 Å². The van der Waals surface area contributed by atoms with Crippen molar-refractivity contribution in [1.82, 2.24) is 0 Å². The second-order valence-corrected chi connectivity index (χ2v) is 5.74. The summed E-state index contributed by atoms with van der Waals surface area (Å²) in [5.41, 5.74) is 7.04. The van der Waals surface area contributed by atoms with Crippen LogP contribution >= 0.6 is 0 Å². The summed E-state index contributed by atoms with van der Waals surface area (Å²) in [5.74, 6) is -0.336. The highest BCUT2D eigenvalue weighted by Gasteiger charge is 2.40. The fourth-order valence-electron chi connectivity index (χ4n) is 2.17. The SMILES string of the molecule is Bc1c(B)c(C(B)(O)C(B)(B)N)c(B)c(O)c1O. The van der Waals surface area contributed by atoms with Crippen LogP contribution in [0.1, 0.15) is 5.56 Å². The van der Waals surface area contributed by atoms with Crippen molar-refractivity contribution in [3.63, 3.8) is 0 Å². The summed E-state index contributed by atoms with van der Waals surface area (Å²) in [4.78, 5) is 0. The fourth-order valence-corrected chi connectivity index (χ4v) is 2.17. The molecule has 0 aliphatic carbocycles. The molecule has 1 aromatic carbocycles. The van der Waals surface area contributed by atoms with Gasteiger partial charge in [-0.3, -0.25) is 0 Å². The molecule has 0 aliphatic rings. The Morgan fingerprint density at radius 3 is 1.61 bits per heavy atom. The summed E-state index contributed by atoms with van der Waals surface area (Å²) in [6.45, 7) is 0. The van der Waals surface area contributed by atoms with Crippen molar-refractivity contribution in [1.29, 1.82) is 0 Å². The van der Waals surface area contributed by atoms with Crippen molar-refractivity contribution in [3.8, 4) is 11.5 Å². The first-order valence-corrected chi connectivity index (χ1v) is 5.96. The van der Waals surface area contributed by atoms with Crippen LogP contribution in [0.25, 0.3) is 0 Å². The molecule has 0 saturated heterocycles. The zero-order chi connectivity index (χ0) is 14.5. The van der Waals surface area contributed by atoms with Crippen LogP contribution < -0.4 is 22.1 Å². The van der Waals surface area contributed by atoms with Crippen LogP contribution in [0, 0.1) is 0 Å². The lowest BCUT2D eigenvalue weighted by Gasteiger charge is -2.41. The zero-order valence-corrected chi connectivity index (χ0v) is 11.9. The summed E-state index contributed by atoms with van der Waals surface area (Å²) in [6.07, 6.45) is 0. The Bertz CT molecular complexity index is 470. The molecule has 10 heteroatoms. The van der Waals surface area contributed by atoms with Crippen LogP contribution in [0.15, 0.2) is 0 Å². The molecule has 0 amide bonds. The van der Waals surface area contributed by atoms with Gasteiger partial charge in [0.05, 0.1) is 5.50 Å². The van der Waals surface area contributed by atoms with E-state index in [-0.39, 0.29) is 11.5 Å². The number of hydrogen-bond acceptors (Lipinski definition) is 4. The van der Waals surface area contributed by atoms with Crippen LogP contribution in [-0.2, 0) is 5.50 Å². The van der Waals surface area contributed by atoms with Gasteiger partial charge in [-0.2, -0.15) is 0 Å². The molecule has 1 atom stereocenters. The summed E-state index contributed by atoms with van der Waals surface area (Å²) < 4.78 is 0. The van der Waals surface area contributed by atoms with E-state index in [1.165, 1.54) is 0 Å². The predicted octanol–water partition coefficient (Wildman–Crippen LogP) is -8.47. The van der Waals surface area contributed by atoms with Crippen LogP contribution in [0.4, 0.5) is 0 Å². The number of rotatable bonds is 2. The molecule has 1 rings (SSSR count). The quantitative estimate of drug-likeness (QED) is 0.305. The van der Waals surface area contributed by atoms with Gasteiger partial charge in [0.15, 0.2) is 5.75 Å². The number of aliphatic hydroxyl groups is 1. The van der Waals surface area contributed by atoms with Crippen LogP contribution in [0.5, 0.6) is 11.5 Å². The Morgan fingerprint density at radius 1 is 0.833 bits per heavy atom. The molecule has 5 N–H and O–H groups in total. The standard InChI is InChI=1S/C8H17B6NO3/c9-2-1(7(12,18)8(13,14)15)3(10)5(16)6(17)4(2)11/h16-18H,9-15H2. The molecule has 0 saturated carbocycles. The van der Waals surface area contributed by atoms with Gasteiger partial charge in [-0.05, 0) is 16.4 Å². The van der Waals surface area contributed by atoms with Crippen molar-refractivity contribution >= 4 is 63.5 Å². The third kappa shape index (κ3) is 2.08. The first kappa shape index (κ1) is 15.2. The van der Waals surface area contributed by atoms with E-state index >= 15 is 0 Å². The Hall–Kier alpha value is -0.870. The van der Waals surface area contributed by atoms with Gasteiger partial charge in [0, 0.05) is 0 Å². The van der Waals surface area contributed by atoms with Gasteiger partial charge in [-0.15, -0.1) is 0 Å². The monoisotopic (exact) mass is 241 g/mol. The van der Waals surface area contributed by atoms with Gasteiger partial charge in [0.2, 0.25) is 0 Å².